The summed E-state index contributed by atoms with van der Waals surface area (Å²) in [5, 5.41) is 3.15. The molecule has 0 aromatic heterocycles. The van der Waals surface area contributed by atoms with Gasteiger partial charge in [-0.3, -0.25) is 0 Å². The molecule has 6 nitrogen and oxygen atoms in total. The average molecular weight is 305 g/mol. The van der Waals surface area contributed by atoms with E-state index in [1.807, 2.05) is 14.0 Å². The molecule has 0 saturated carbocycles. The highest BCUT2D eigenvalue weighted by atomic mass is 32.2. The molecule has 0 aromatic carbocycles. The molecule has 2 saturated heterocycles. The van der Waals surface area contributed by atoms with Crippen molar-refractivity contribution in [3.05, 3.63) is 0 Å². The van der Waals surface area contributed by atoms with Crippen molar-refractivity contribution in [2.24, 2.45) is 5.92 Å². The zero-order chi connectivity index (χ0) is 14.8. The average Bonchev–Trinajstić information content (AvgIpc) is 2.84. The third-order valence-electron chi connectivity index (χ3n) is 4.47. The van der Waals surface area contributed by atoms with E-state index in [0.29, 0.717) is 25.6 Å². The van der Waals surface area contributed by atoms with Crippen LogP contribution in [0.15, 0.2) is 0 Å². The molecular weight excluding hydrogens is 278 g/mol. The Kier molecular flexibility index (Phi) is 5.42. The Morgan fingerprint density at radius 2 is 2.15 bits per heavy atom. The Balaban J connectivity index is 2.05. The van der Waals surface area contributed by atoms with Crippen LogP contribution in [0.3, 0.4) is 0 Å². The molecule has 20 heavy (non-hydrogen) atoms. The van der Waals surface area contributed by atoms with Crippen LogP contribution in [-0.4, -0.2) is 69.5 Å². The van der Waals surface area contributed by atoms with Gasteiger partial charge in [0.05, 0.1) is 12.1 Å². The van der Waals surface area contributed by atoms with E-state index in [1.165, 1.54) is 4.31 Å². The summed E-state index contributed by atoms with van der Waals surface area (Å²) < 4.78 is 34.1. The van der Waals surface area contributed by atoms with Crippen LogP contribution in [0.4, 0.5) is 0 Å². The first-order valence-corrected chi connectivity index (χ1v) is 8.85. The van der Waals surface area contributed by atoms with Crippen molar-refractivity contribution in [3.8, 4) is 0 Å². The number of rotatable bonds is 5. The number of likely N-dealkylation sites (N-methyl/N-ethyl adjacent to an activating group) is 1. The molecule has 2 aliphatic rings. The molecule has 3 atom stereocenters. The molecule has 2 heterocycles. The predicted octanol–water partition coefficient (Wildman–Crippen LogP) is 0.272. The summed E-state index contributed by atoms with van der Waals surface area (Å²) in [4.78, 5) is 0. The highest BCUT2D eigenvalue weighted by Gasteiger charge is 2.39. The second-order valence-corrected chi connectivity index (χ2v) is 7.87. The summed E-state index contributed by atoms with van der Waals surface area (Å²) in [6, 6.07) is -0.0373. The normalized spacial score (nSPS) is 32.9. The van der Waals surface area contributed by atoms with Crippen molar-refractivity contribution in [3.63, 3.8) is 0 Å². The van der Waals surface area contributed by atoms with E-state index in [1.54, 1.807) is 11.4 Å². The van der Waals surface area contributed by atoms with Gasteiger partial charge in [0.1, 0.15) is 0 Å². The van der Waals surface area contributed by atoms with Gasteiger partial charge in [0, 0.05) is 26.7 Å². The number of hydrogen-bond acceptors (Lipinski definition) is 4. The quantitative estimate of drug-likeness (QED) is 0.792. The van der Waals surface area contributed by atoms with Crippen LogP contribution in [0.2, 0.25) is 0 Å². The maximum Gasteiger partial charge on any atom is 0.282 e. The fraction of sp³-hybridized carbons (Fsp3) is 1.00. The van der Waals surface area contributed by atoms with Crippen LogP contribution in [-0.2, 0) is 14.9 Å². The summed E-state index contributed by atoms with van der Waals surface area (Å²) in [6.45, 7) is 4.72. The van der Waals surface area contributed by atoms with Gasteiger partial charge in [-0.15, -0.1) is 0 Å². The van der Waals surface area contributed by atoms with E-state index in [2.05, 4.69) is 5.32 Å². The minimum Gasteiger partial charge on any atom is -0.377 e. The molecule has 2 rings (SSSR count). The van der Waals surface area contributed by atoms with Crippen molar-refractivity contribution < 1.29 is 13.2 Å². The predicted molar refractivity (Wildman–Crippen MR) is 78.7 cm³/mol. The Hall–Kier alpha value is -0.210. The van der Waals surface area contributed by atoms with Crippen LogP contribution >= 0.6 is 0 Å². The van der Waals surface area contributed by atoms with E-state index in [-0.39, 0.29) is 12.1 Å². The Morgan fingerprint density at radius 1 is 1.40 bits per heavy atom. The second-order valence-electron chi connectivity index (χ2n) is 5.88. The lowest BCUT2D eigenvalue weighted by molar-refractivity contribution is 0.0998. The van der Waals surface area contributed by atoms with Gasteiger partial charge in [-0.1, -0.05) is 0 Å². The Morgan fingerprint density at radius 3 is 2.75 bits per heavy atom. The largest absolute Gasteiger partial charge is 0.377 e. The molecule has 2 aliphatic heterocycles. The third-order valence-corrected chi connectivity index (χ3v) is 6.45. The van der Waals surface area contributed by atoms with Gasteiger partial charge < -0.3 is 10.1 Å². The molecule has 0 aromatic rings. The van der Waals surface area contributed by atoms with Crippen LogP contribution < -0.4 is 5.32 Å². The van der Waals surface area contributed by atoms with Gasteiger partial charge in [0.2, 0.25) is 0 Å². The molecule has 118 valence electrons. The van der Waals surface area contributed by atoms with E-state index >= 15 is 0 Å². The highest BCUT2D eigenvalue weighted by molar-refractivity contribution is 7.86. The molecule has 0 bridgehead atoms. The fourth-order valence-corrected chi connectivity index (χ4v) is 4.99. The SMILES string of the molecule is CNCC1CCCN(S(=O)(=O)N(C)C2CCOC2C)C1. The lowest BCUT2D eigenvalue weighted by Gasteiger charge is -2.36. The summed E-state index contributed by atoms with van der Waals surface area (Å²) in [6.07, 6.45) is 2.80. The molecule has 0 spiro atoms. The zero-order valence-electron chi connectivity index (χ0n) is 12.7. The summed E-state index contributed by atoms with van der Waals surface area (Å²) in [7, 11) is 0.230. The Labute approximate surface area is 122 Å². The third kappa shape index (κ3) is 3.33. The number of hydrogen-bond donors (Lipinski definition) is 1. The highest BCUT2D eigenvalue weighted by Crippen LogP contribution is 2.25. The molecule has 0 amide bonds. The molecular formula is C13H27N3O3S. The van der Waals surface area contributed by atoms with Crippen LogP contribution in [0.1, 0.15) is 26.2 Å². The minimum absolute atomic E-state index is 0.0207. The minimum atomic E-state index is -3.37. The Bertz CT molecular complexity index is 413. The van der Waals surface area contributed by atoms with Gasteiger partial charge in [-0.05, 0) is 45.7 Å². The monoisotopic (exact) mass is 305 g/mol. The topological polar surface area (TPSA) is 61.9 Å². The van der Waals surface area contributed by atoms with Gasteiger partial charge in [0.15, 0.2) is 0 Å². The van der Waals surface area contributed by atoms with E-state index in [0.717, 1.165) is 25.8 Å². The van der Waals surface area contributed by atoms with Gasteiger partial charge in [-0.2, -0.15) is 17.0 Å². The van der Waals surface area contributed by atoms with Crippen LogP contribution in [0.25, 0.3) is 0 Å². The van der Waals surface area contributed by atoms with E-state index < -0.39 is 10.2 Å². The standard InChI is InChI=1S/C13H27N3O3S/c1-11-13(6-8-19-11)15(3)20(17,18)16-7-4-5-12(10-16)9-14-2/h11-14H,4-10H2,1-3H3. The molecule has 1 N–H and O–H groups in total. The van der Waals surface area contributed by atoms with Crippen molar-refractivity contribution in [1.29, 1.82) is 0 Å². The van der Waals surface area contributed by atoms with Crippen molar-refractivity contribution in [2.45, 2.75) is 38.3 Å². The first kappa shape index (κ1) is 16.2. The molecule has 0 radical (unpaired) electrons. The first-order chi connectivity index (χ1) is 9.46. The number of ether oxygens (including phenoxy) is 1. The summed E-state index contributed by atoms with van der Waals surface area (Å²) >= 11 is 0. The smallest absolute Gasteiger partial charge is 0.282 e. The van der Waals surface area contributed by atoms with Gasteiger partial charge >= 0.3 is 0 Å². The molecule has 3 unspecified atom stereocenters. The van der Waals surface area contributed by atoms with Crippen LogP contribution in [0.5, 0.6) is 0 Å². The van der Waals surface area contributed by atoms with Crippen molar-refractivity contribution in [1.82, 2.24) is 13.9 Å². The lowest BCUT2D eigenvalue weighted by atomic mass is 10.00. The van der Waals surface area contributed by atoms with Gasteiger partial charge in [-0.25, -0.2) is 0 Å². The number of nitrogens with zero attached hydrogens (tertiary/aromatic N) is 2. The van der Waals surface area contributed by atoms with E-state index in [9.17, 15) is 8.42 Å². The zero-order valence-corrected chi connectivity index (χ0v) is 13.5. The number of piperidine rings is 1. The molecule has 7 heteroatoms. The van der Waals surface area contributed by atoms with Crippen molar-refractivity contribution >= 4 is 10.2 Å². The first-order valence-electron chi connectivity index (χ1n) is 7.46. The summed E-state index contributed by atoms with van der Waals surface area (Å²) in [5.74, 6) is 0.411. The van der Waals surface area contributed by atoms with E-state index in [4.69, 9.17) is 4.74 Å². The molecule has 0 aliphatic carbocycles. The lowest BCUT2D eigenvalue weighted by Crippen LogP contribution is -2.52. The second kappa shape index (κ2) is 6.70. The number of nitrogens with one attached hydrogen (secondary N) is 1. The summed E-state index contributed by atoms with van der Waals surface area (Å²) in [5.41, 5.74) is 0. The van der Waals surface area contributed by atoms with Gasteiger partial charge in [0.25, 0.3) is 10.2 Å². The van der Waals surface area contributed by atoms with Crippen molar-refractivity contribution in [2.75, 3.05) is 40.3 Å². The fourth-order valence-electron chi connectivity index (χ4n) is 3.24. The van der Waals surface area contributed by atoms with Crippen LogP contribution in [0, 0.1) is 5.92 Å². The maximum absolute atomic E-state index is 12.7. The molecule has 2 fully saturated rings. The maximum atomic E-state index is 12.7.